The highest BCUT2D eigenvalue weighted by molar-refractivity contribution is 7.88. The smallest absolute Gasteiger partial charge is 0.469 e. The first-order valence-corrected chi connectivity index (χ1v) is 10.6. The molecule has 0 N–H and O–H groups in total. The lowest BCUT2D eigenvalue weighted by Crippen LogP contribution is -2.42. The lowest BCUT2D eigenvalue weighted by molar-refractivity contribution is -0.118. The van der Waals surface area contributed by atoms with E-state index < -0.39 is 32.8 Å². The van der Waals surface area contributed by atoms with Crippen molar-refractivity contribution in [3.05, 3.63) is 40.9 Å². The number of hydrogen-bond acceptors (Lipinski definition) is 6. The van der Waals surface area contributed by atoms with Crippen LogP contribution in [0.5, 0.6) is 5.75 Å². The molecule has 0 amide bonds. The zero-order valence-electron chi connectivity index (χ0n) is 16.2. The third-order valence-corrected chi connectivity index (χ3v) is 6.39. The van der Waals surface area contributed by atoms with E-state index in [0.29, 0.717) is 18.6 Å². The van der Waals surface area contributed by atoms with Crippen LogP contribution in [0.2, 0.25) is 0 Å². The number of halogens is 4. The number of carbonyl (C=O) groups is 1. The largest absolute Gasteiger partial charge is 0.534 e. The number of aryl methyl sites for hydroxylation is 1. The van der Waals surface area contributed by atoms with Crippen LogP contribution in [0, 0.1) is 18.7 Å². The number of allylic oxidation sites excluding steroid dienone is 1. The molecule has 11 heteroatoms. The van der Waals surface area contributed by atoms with Crippen molar-refractivity contribution in [2.75, 3.05) is 6.79 Å². The Kier molecular flexibility index (Phi) is 5.89. The van der Waals surface area contributed by atoms with Gasteiger partial charge in [-0.05, 0) is 55.4 Å². The van der Waals surface area contributed by atoms with Gasteiger partial charge in [0.1, 0.15) is 22.9 Å². The second-order valence-corrected chi connectivity index (χ2v) is 8.81. The van der Waals surface area contributed by atoms with Crippen LogP contribution in [0.3, 0.4) is 0 Å². The van der Waals surface area contributed by atoms with Crippen molar-refractivity contribution in [2.45, 2.75) is 50.6 Å². The summed E-state index contributed by atoms with van der Waals surface area (Å²) in [6, 6.07) is 1.88. The van der Waals surface area contributed by atoms with Crippen molar-refractivity contribution < 1.29 is 44.4 Å². The molecule has 2 aliphatic rings. The molecule has 2 atom stereocenters. The van der Waals surface area contributed by atoms with E-state index in [1.54, 1.807) is 0 Å². The van der Waals surface area contributed by atoms with Crippen LogP contribution in [0.15, 0.2) is 24.0 Å². The quantitative estimate of drug-likeness (QED) is 0.370. The summed E-state index contributed by atoms with van der Waals surface area (Å²) in [5, 5.41) is 0. The van der Waals surface area contributed by atoms with Gasteiger partial charge in [0, 0.05) is 12.5 Å². The molecule has 0 spiro atoms. The third kappa shape index (κ3) is 4.04. The Morgan fingerprint density at radius 3 is 2.63 bits per heavy atom. The SMILES string of the molecule is CC[C@@H](Cc1cc(OS(=O)(=O)C(F)(F)F)c(C)cc1F)[C@]12CCC(=O)C=C1OCO2. The Balaban J connectivity index is 1.94. The molecule has 0 bridgehead atoms. The molecule has 0 aromatic heterocycles. The first kappa shape index (κ1) is 22.5. The van der Waals surface area contributed by atoms with Crippen LogP contribution in [0.4, 0.5) is 17.6 Å². The number of carbonyl (C=O) groups excluding carboxylic acids is 1. The third-order valence-electron chi connectivity index (χ3n) is 5.43. The van der Waals surface area contributed by atoms with Gasteiger partial charge >= 0.3 is 15.6 Å². The predicted molar refractivity (Wildman–Crippen MR) is 96.3 cm³/mol. The fraction of sp³-hybridized carbons (Fsp3) is 0.526. The first-order valence-electron chi connectivity index (χ1n) is 9.21. The maximum Gasteiger partial charge on any atom is 0.534 e. The van der Waals surface area contributed by atoms with E-state index in [4.69, 9.17) is 9.47 Å². The van der Waals surface area contributed by atoms with Crippen molar-refractivity contribution in [3.63, 3.8) is 0 Å². The molecule has 1 aliphatic carbocycles. The van der Waals surface area contributed by atoms with Crippen molar-refractivity contribution in [1.29, 1.82) is 0 Å². The molecular weight excluding hydrogens is 432 g/mol. The Bertz CT molecular complexity index is 985. The second-order valence-electron chi connectivity index (χ2n) is 7.27. The number of benzene rings is 1. The van der Waals surface area contributed by atoms with E-state index in [9.17, 15) is 30.8 Å². The van der Waals surface area contributed by atoms with Gasteiger partial charge in [-0.15, -0.1) is 0 Å². The standard InChI is InChI=1S/C19H20F4O6S/c1-3-13(18-5-4-14(24)9-17(18)27-10-28-18)7-12-8-16(11(2)6-15(12)20)29-30(25,26)19(21,22)23/h6,8-9,13H,3-5,7,10H2,1-2H3/t13-,18+/m0/s1. The Morgan fingerprint density at radius 2 is 2.00 bits per heavy atom. The van der Waals surface area contributed by atoms with Gasteiger partial charge in [-0.25, -0.2) is 4.39 Å². The van der Waals surface area contributed by atoms with Gasteiger partial charge in [0.15, 0.2) is 12.6 Å². The maximum absolute atomic E-state index is 14.6. The summed E-state index contributed by atoms with van der Waals surface area (Å²) < 4.78 is 90.7. The monoisotopic (exact) mass is 452 g/mol. The number of alkyl halides is 3. The van der Waals surface area contributed by atoms with Crippen LogP contribution >= 0.6 is 0 Å². The van der Waals surface area contributed by atoms with Gasteiger partial charge in [-0.2, -0.15) is 21.6 Å². The summed E-state index contributed by atoms with van der Waals surface area (Å²) in [6.45, 7) is 3.00. The molecule has 6 nitrogen and oxygen atoms in total. The van der Waals surface area contributed by atoms with Gasteiger partial charge in [0.2, 0.25) is 0 Å². The molecule has 0 saturated carbocycles. The topological polar surface area (TPSA) is 78.9 Å². The molecule has 166 valence electrons. The Hall–Kier alpha value is -2.14. The summed E-state index contributed by atoms with van der Waals surface area (Å²) in [5.74, 6) is -1.45. The van der Waals surface area contributed by atoms with Crippen molar-refractivity contribution >= 4 is 15.9 Å². The van der Waals surface area contributed by atoms with E-state index in [1.807, 2.05) is 6.92 Å². The fourth-order valence-corrected chi connectivity index (χ4v) is 4.32. The average Bonchev–Trinajstić information content (AvgIpc) is 3.05. The number of rotatable bonds is 6. The molecule has 1 heterocycles. The van der Waals surface area contributed by atoms with Crippen LogP contribution in [0.25, 0.3) is 0 Å². The summed E-state index contributed by atoms with van der Waals surface area (Å²) in [7, 11) is -5.89. The number of hydrogen-bond donors (Lipinski definition) is 0. The summed E-state index contributed by atoms with van der Waals surface area (Å²) >= 11 is 0. The Labute approximate surface area is 170 Å². The molecule has 0 unspecified atom stereocenters. The molecule has 1 aromatic carbocycles. The van der Waals surface area contributed by atoms with Gasteiger partial charge in [-0.3, -0.25) is 4.79 Å². The van der Waals surface area contributed by atoms with Gasteiger partial charge in [-0.1, -0.05) is 6.92 Å². The highest BCUT2D eigenvalue weighted by Crippen LogP contribution is 2.45. The number of ether oxygens (including phenoxy) is 2. The van der Waals surface area contributed by atoms with Crippen LogP contribution in [0.1, 0.15) is 37.3 Å². The minimum atomic E-state index is -5.89. The van der Waals surface area contributed by atoms with Crippen molar-refractivity contribution in [2.24, 2.45) is 5.92 Å². The Morgan fingerprint density at radius 1 is 1.30 bits per heavy atom. The maximum atomic E-state index is 14.6. The van der Waals surface area contributed by atoms with Crippen LogP contribution in [-0.2, 0) is 30.8 Å². The van der Waals surface area contributed by atoms with E-state index in [2.05, 4.69) is 4.18 Å². The van der Waals surface area contributed by atoms with Crippen LogP contribution < -0.4 is 4.18 Å². The summed E-state index contributed by atoms with van der Waals surface area (Å²) in [4.78, 5) is 11.7. The minimum absolute atomic E-state index is 0.0138. The molecule has 0 radical (unpaired) electrons. The van der Waals surface area contributed by atoms with Gasteiger partial charge in [0.25, 0.3) is 0 Å². The van der Waals surface area contributed by atoms with Crippen molar-refractivity contribution in [1.82, 2.24) is 0 Å². The van der Waals surface area contributed by atoms with E-state index in [-0.39, 0.29) is 42.5 Å². The summed E-state index contributed by atoms with van der Waals surface area (Å²) in [6.07, 6.45) is 2.40. The lowest BCUT2D eigenvalue weighted by atomic mass is 9.74. The first-order chi connectivity index (χ1) is 13.9. The van der Waals surface area contributed by atoms with Gasteiger partial charge < -0.3 is 13.7 Å². The highest BCUT2D eigenvalue weighted by atomic mass is 32.2. The zero-order chi connectivity index (χ0) is 22.3. The molecule has 1 fully saturated rings. The van der Waals surface area contributed by atoms with Crippen LogP contribution in [-0.4, -0.2) is 32.1 Å². The lowest BCUT2D eigenvalue weighted by Gasteiger charge is -2.37. The van der Waals surface area contributed by atoms with E-state index in [1.165, 1.54) is 13.0 Å². The van der Waals surface area contributed by atoms with Crippen molar-refractivity contribution in [3.8, 4) is 5.75 Å². The second kappa shape index (κ2) is 7.84. The molecule has 30 heavy (non-hydrogen) atoms. The average molecular weight is 452 g/mol. The van der Waals surface area contributed by atoms with E-state index >= 15 is 0 Å². The normalized spacial score (nSPS) is 22.9. The fourth-order valence-electron chi connectivity index (χ4n) is 3.81. The molecule has 1 aliphatic heterocycles. The highest BCUT2D eigenvalue weighted by Gasteiger charge is 2.51. The number of fused-ring (bicyclic) bond motifs is 1. The minimum Gasteiger partial charge on any atom is -0.469 e. The zero-order valence-corrected chi connectivity index (χ0v) is 17.0. The molecular formula is C19H20F4O6S. The number of ketones is 1. The predicted octanol–water partition coefficient (Wildman–Crippen LogP) is 3.92. The van der Waals surface area contributed by atoms with E-state index in [0.717, 1.165) is 12.1 Å². The molecule has 1 aromatic rings. The molecule has 1 saturated heterocycles. The van der Waals surface area contributed by atoms with Gasteiger partial charge in [0.05, 0.1) is 0 Å². The summed E-state index contributed by atoms with van der Waals surface area (Å²) in [5.41, 5.74) is -6.68. The molecule has 3 rings (SSSR count).